The van der Waals surface area contributed by atoms with Crippen LogP contribution in [0.1, 0.15) is 39.0 Å². The summed E-state index contributed by atoms with van der Waals surface area (Å²) in [6, 6.07) is 0. The van der Waals surface area contributed by atoms with Gasteiger partial charge in [-0.2, -0.15) is 26.3 Å². The predicted molar refractivity (Wildman–Crippen MR) is 68.9 cm³/mol. The van der Waals surface area contributed by atoms with Crippen molar-refractivity contribution in [2.45, 2.75) is 24.2 Å². The Hall–Kier alpha value is -1.98. The van der Waals surface area contributed by atoms with Crippen molar-refractivity contribution in [1.29, 1.82) is 0 Å². The number of carboxylic acids is 1. The van der Waals surface area contributed by atoms with Crippen molar-refractivity contribution in [3.63, 3.8) is 0 Å². The second-order valence-electron chi connectivity index (χ2n) is 4.11. The molecule has 0 spiro atoms. The fourth-order valence-corrected chi connectivity index (χ4v) is 2.69. The Balaban J connectivity index is 4.09. The molecule has 0 aliphatic heterocycles. The summed E-state index contributed by atoms with van der Waals surface area (Å²) in [5.41, 5.74) is -7.27. The molecule has 12 heteroatoms. The minimum Gasteiger partial charge on any atom is -0.478 e. The summed E-state index contributed by atoms with van der Waals surface area (Å²) in [6.07, 6.45) is -10.9. The fraction of sp³-hybridized carbons (Fsp3) is 0.417. The third kappa shape index (κ3) is 3.91. The van der Waals surface area contributed by atoms with Gasteiger partial charge in [0.15, 0.2) is 11.4 Å². The largest absolute Gasteiger partial charge is 0.478 e. The summed E-state index contributed by atoms with van der Waals surface area (Å²) in [7, 11) is 0.709. The molecule has 0 aliphatic carbocycles. The molecule has 1 heterocycles. The maximum atomic E-state index is 13.1. The van der Waals surface area contributed by atoms with Gasteiger partial charge in [-0.25, -0.2) is 14.6 Å². The third-order valence-electron chi connectivity index (χ3n) is 2.58. The van der Waals surface area contributed by atoms with Gasteiger partial charge in [0, 0.05) is 4.90 Å². The van der Waals surface area contributed by atoms with E-state index in [4.69, 9.17) is 5.11 Å². The van der Waals surface area contributed by atoms with Crippen molar-refractivity contribution in [1.82, 2.24) is 4.98 Å². The van der Waals surface area contributed by atoms with Gasteiger partial charge in [0.2, 0.25) is 0 Å². The predicted octanol–water partition coefficient (Wildman–Crippen LogP) is 3.72. The molecule has 1 rings (SSSR count). The highest BCUT2D eigenvalue weighted by Gasteiger charge is 2.47. The Labute approximate surface area is 135 Å². The van der Waals surface area contributed by atoms with Gasteiger partial charge in [-0.1, -0.05) is 6.92 Å². The lowest BCUT2D eigenvalue weighted by Gasteiger charge is -2.20. The standard InChI is InChI=1S/C12H9F6NO4S/c1-3-24-6-4(9(20)21)7(11(13,14)15)19-8(12(16,17)18)5(6)10(22)23-2/h3H2,1-2H3,(H,20,21). The van der Waals surface area contributed by atoms with Crippen molar-refractivity contribution in [3.8, 4) is 0 Å². The summed E-state index contributed by atoms with van der Waals surface area (Å²) in [4.78, 5) is 24.3. The molecule has 0 amide bonds. The Morgan fingerprint density at radius 3 is 1.88 bits per heavy atom. The van der Waals surface area contributed by atoms with Gasteiger partial charge in [-0.3, -0.25) is 0 Å². The van der Waals surface area contributed by atoms with E-state index in [1.54, 1.807) is 0 Å². The van der Waals surface area contributed by atoms with Crippen LogP contribution in [0.25, 0.3) is 0 Å². The first-order valence-corrected chi connectivity index (χ1v) is 7.01. The van der Waals surface area contributed by atoms with E-state index in [1.165, 1.54) is 6.92 Å². The first kappa shape index (κ1) is 20.1. The Morgan fingerprint density at radius 1 is 1.08 bits per heavy atom. The normalized spacial score (nSPS) is 12.2. The summed E-state index contributed by atoms with van der Waals surface area (Å²) < 4.78 is 82.3. The van der Waals surface area contributed by atoms with Crippen molar-refractivity contribution < 1.29 is 45.8 Å². The number of halogens is 6. The second-order valence-corrected chi connectivity index (χ2v) is 5.39. The number of nitrogens with zero attached hydrogens (tertiary/aromatic N) is 1. The average Bonchev–Trinajstić information content (AvgIpc) is 2.43. The quantitative estimate of drug-likeness (QED) is 0.490. The van der Waals surface area contributed by atoms with Crippen LogP contribution in [0.5, 0.6) is 0 Å². The number of esters is 1. The van der Waals surface area contributed by atoms with Gasteiger partial charge in [0.05, 0.1) is 7.11 Å². The van der Waals surface area contributed by atoms with Crippen molar-refractivity contribution in [2.75, 3.05) is 12.9 Å². The second kappa shape index (κ2) is 6.87. The zero-order chi connectivity index (χ0) is 18.9. The van der Waals surface area contributed by atoms with Crippen LogP contribution in [0.3, 0.4) is 0 Å². The number of rotatable bonds is 4. The average molecular weight is 377 g/mol. The van der Waals surface area contributed by atoms with Gasteiger partial charge in [-0.15, -0.1) is 11.8 Å². The third-order valence-corrected chi connectivity index (χ3v) is 3.57. The fourth-order valence-electron chi connectivity index (χ4n) is 1.75. The Kier molecular flexibility index (Phi) is 5.74. The van der Waals surface area contributed by atoms with Crippen LogP contribution in [0.15, 0.2) is 4.90 Å². The van der Waals surface area contributed by atoms with Crippen LogP contribution in [0.2, 0.25) is 0 Å². The highest BCUT2D eigenvalue weighted by atomic mass is 32.2. The lowest BCUT2D eigenvalue weighted by molar-refractivity contribution is -0.151. The maximum absolute atomic E-state index is 13.1. The number of carbonyl (C=O) groups excluding carboxylic acids is 1. The topological polar surface area (TPSA) is 76.5 Å². The molecule has 1 aromatic heterocycles. The van der Waals surface area contributed by atoms with Gasteiger partial charge in [0.25, 0.3) is 0 Å². The number of aromatic carboxylic acids is 1. The van der Waals surface area contributed by atoms with Crippen LogP contribution in [-0.2, 0) is 17.1 Å². The molecule has 0 aromatic carbocycles. The van der Waals surface area contributed by atoms with E-state index >= 15 is 0 Å². The molecular formula is C12H9F6NO4S. The lowest BCUT2D eigenvalue weighted by Crippen LogP contribution is -2.25. The molecule has 134 valence electrons. The van der Waals surface area contributed by atoms with Crippen LogP contribution < -0.4 is 0 Å². The number of pyridine rings is 1. The monoisotopic (exact) mass is 377 g/mol. The minimum atomic E-state index is -5.47. The van der Waals surface area contributed by atoms with Gasteiger partial charge < -0.3 is 9.84 Å². The molecule has 0 atom stereocenters. The number of carboxylic acid groups (broad SMARTS) is 1. The Morgan fingerprint density at radius 2 is 1.54 bits per heavy atom. The highest BCUT2D eigenvalue weighted by Crippen LogP contribution is 2.42. The van der Waals surface area contributed by atoms with Crippen LogP contribution >= 0.6 is 11.8 Å². The summed E-state index contributed by atoms with van der Waals surface area (Å²) in [6.45, 7) is 1.36. The van der Waals surface area contributed by atoms with Crippen LogP contribution in [-0.4, -0.2) is 34.9 Å². The first-order valence-electron chi connectivity index (χ1n) is 6.03. The Bertz CT molecular complexity index is 671. The van der Waals surface area contributed by atoms with Crippen molar-refractivity contribution in [2.24, 2.45) is 0 Å². The number of aromatic nitrogens is 1. The van der Waals surface area contributed by atoms with E-state index in [2.05, 4.69) is 9.72 Å². The van der Waals surface area contributed by atoms with E-state index in [9.17, 15) is 35.9 Å². The first-order chi connectivity index (χ1) is 10.9. The summed E-state index contributed by atoms with van der Waals surface area (Å²) in [5.74, 6) is -3.89. The van der Waals surface area contributed by atoms with E-state index in [-0.39, 0.29) is 5.75 Å². The molecule has 24 heavy (non-hydrogen) atoms. The smallest absolute Gasteiger partial charge is 0.434 e. The summed E-state index contributed by atoms with van der Waals surface area (Å²) >= 11 is 0.339. The molecule has 0 bridgehead atoms. The zero-order valence-corrected chi connectivity index (χ0v) is 12.8. The zero-order valence-electron chi connectivity index (χ0n) is 12.0. The molecule has 1 N–H and O–H groups in total. The lowest BCUT2D eigenvalue weighted by atomic mass is 10.1. The van der Waals surface area contributed by atoms with Crippen molar-refractivity contribution >= 4 is 23.7 Å². The van der Waals surface area contributed by atoms with Gasteiger partial charge >= 0.3 is 24.3 Å². The highest BCUT2D eigenvalue weighted by molar-refractivity contribution is 7.99. The molecule has 0 fully saturated rings. The van der Waals surface area contributed by atoms with Gasteiger partial charge in [-0.05, 0) is 5.75 Å². The van der Waals surface area contributed by atoms with E-state index < -0.39 is 51.7 Å². The number of hydrogen-bond acceptors (Lipinski definition) is 5. The van der Waals surface area contributed by atoms with Crippen LogP contribution in [0, 0.1) is 0 Å². The molecule has 5 nitrogen and oxygen atoms in total. The van der Waals surface area contributed by atoms with E-state index in [0.717, 1.165) is 0 Å². The number of ether oxygens (including phenoxy) is 1. The van der Waals surface area contributed by atoms with E-state index in [1.807, 2.05) is 0 Å². The summed E-state index contributed by atoms with van der Waals surface area (Å²) in [5, 5.41) is 9.02. The van der Waals surface area contributed by atoms with Gasteiger partial charge in [0.1, 0.15) is 11.1 Å². The number of methoxy groups -OCH3 is 1. The molecule has 0 unspecified atom stereocenters. The molecule has 0 saturated heterocycles. The maximum Gasteiger partial charge on any atom is 0.434 e. The number of hydrogen-bond donors (Lipinski definition) is 1. The van der Waals surface area contributed by atoms with Crippen LogP contribution in [0.4, 0.5) is 26.3 Å². The molecule has 0 saturated carbocycles. The number of carbonyl (C=O) groups is 2. The number of thioether (sulfide) groups is 1. The van der Waals surface area contributed by atoms with Crippen molar-refractivity contribution in [3.05, 3.63) is 22.5 Å². The molecule has 1 aromatic rings. The molecule has 0 aliphatic rings. The minimum absolute atomic E-state index is 0.0944. The molecular weight excluding hydrogens is 368 g/mol. The van der Waals surface area contributed by atoms with E-state index in [0.29, 0.717) is 18.9 Å². The SMILES string of the molecule is CCSc1c(C(=O)O)c(C(F)(F)F)nc(C(F)(F)F)c1C(=O)OC. The number of alkyl halides is 6. The molecule has 0 radical (unpaired) electrons.